The average molecular weight is 256 g/mol. The summed E-state index contributed by atoms with van der Waals surface area (Å²) in [5.74, 6) is 0. The fourth-order valence-electron chi connectivity index (χ4n) is 1.48. The number of hydrogen-bond donors (Lipinski definition) is 1. The van der Waals surface area contributed by atoms with Crippen molar-refractivity contribution in [1.29, 1.82) is 0 Å². The zero-order chi connectivity index (χ0) is 13.3. The molecule has 0 atom stereocenters. The van der Waals surface area contributed by atoms with Crippen LogP contribution in [0.5, 0.6) is 0 Å². The lowest BCUT2D eigenvalue weighted by Crippen LogP contribution is -2.34. The fraction of sp³-hybridized carbons (Fsp3) is 1.00. The SMILES string of the molecule is CC(C)N(CCCN)CCCOCC(F)(F)F. The summed E-state index contributed by atoms with van der Waals surface area (Å²) in [7, 11) is 0. The summed E-state index contributed by atoms with van der Waals surface area (Å²) < 4.78 is 39.9. The van der Waals surface area contributed by atoms with Crippen molar-refractivity contribution in [2.75, 3.05) is 32.8 Å². The molecule has 0 aliphatic carbocycles. The minimum absolute atomic E-state index is 0.144. The van der Waals surface area contributed by atoms with E-state index in [1.165, 1.54) is 0 Å². The summed E-state index contributed by atoms with van der Waals surface area (Å²) in [5.41, 5.74) is 5.42. The predicted octanol–water partition coefficient (Wildman–Crippen LogP) is 2.01. The quantitative estimate of drug-likeness (QED) is 0.641. The zero-order valence-electron chi connectivity index (χ0n) is 10.6. The molecule has 0 saturated heterocycles. The van der Waals surface area contributed by atoms with Gasteiger partial charge in [0.1, 0.15) is 6.61 Å². The summed E-state index contributed by atoms with van der Waals surface area (Å²) >= 11 is 0. The molecule has 0 aliphatic rings. The van der Waals surface area contributed by atoms with Crippen LogP contribution in [0.2, 0.25) is 0 Å². The van der Waals surface area contributed by atoms with Gasteiger partial charge in [-0.05, 0) is 39.8 Å². The maximum absolute atomic E-state index is 11.8. The second kappa shape index (κ2) is 8.72. The van der Waals surface area contributed by atoms with Gasteiger partial charge in [0.15, 0.2) is 0 Å². The highest BCUT2D eigenvalue weighted by Gasteiger charge is 2.27. The molecule has 0 spiro atoms. The number of nitrogens with zero attached hydrogens (tertiary/aromatic N) is 1. The van der Waals surface area contributed by atoms with Crippen molar-refractivity contribution in [3.63, 3.8) is 0 Å². The Labute approximate surface area is 101 Å². The summed E-state index contributed by atoms with van der Waals surface area (Å²) in [5, 5.41) is 0. The maximum atomic E-state index is 11.8. The molecule has 6 heteroatoms. The van der Waals surface area contributed by atoms with Crippen LogP contribution in [-0.4, -0.2) is 50.0 Å². The van der Waals surface area contributed by atoms with Gasteiger partial charge in [0.2, 0.25) is 0 Å². The van der Waals surface area contributed by atoms with Gasteiger partial charge in [-0.25, -0.2) is 0 Å². The predicted molar refractivity (Wildman–Crippen MR) is 61.9 cm³/mol. The molecule has 3 nitrogen and oxygen atoms in total. The Bertz CT molecular complexity index is 186. The standard InChI is InChI=1S/C11H23F3N2O/c1-10(2)16(6-3-5-15)7-4-8-17-9-11(12,13)14/h10H,3-9,15H2,1-2H3. The van der Waals surface area contributed by atoms with Crippen molar-refractivity contribution in [3.05, 3.63) is 0 Å². The van der Waals surface area contributed by atoms with Crippen molar-refractivity contribution >= 4 is 0 Å². The Morgan fingerprint density at radius 1 is 1.18 bits per heavy atom. The lowest BCUT2D eigenvalue weighted by molar-refractivity contribution is -0.174. The van der Waals surface area contributed by atoms with E-state index in [9.17, 15) is 13.2 Å². The van der Waals surface area contributed by atoms with E-state index < -0.39 is 12.8 Å². The highest BCUT2D eigenvalue weighted by atomic mass is 19.4. The highest BCUT2D eigenvalue weighted by molar-refractivity contribution is 4.63. The molecule has 0 saturated carbocycles. The van der Waals surface area contributed by atoms with E-state index in [1.807, 2.05) is 0 Å². The molecule has 0 amide bonds. The molecule has 0 aromatic rings. The van der Waals surface area contributed by atoms with Crippen LogP contribution in [0.1, 0.15) is 26.7 Å². The van der Waals surface area contributed by atoms with Crippen LogP contribution in [0.4, 0.5) is 13.2 Å². The molecule has 0 bridgehead atoms. The van der Waals surface area contributed by atoms with Crippen LogP contribution in [0.15, 0.2) is 0 Å². The Hall–Kier alpha value is -0.330. The second-order valence-corrected chi connectivity index (χ2v) is 4.29. The molecule has 0 aromatic carbocycles. The molecule has 104 valence electrons. The van der Waals surface area contributed by atoms with Gasteiger partial charge in [-0.15, -0.1) is 0 Å². The van der Waals surface area contributed by atoms with Gasteiger partial charge in [0, 0.05) is 19.2 Å². The van der Waals surface area contributed by atoms with Crippen LogP contribution in [0.3, 0.4) is 0 Å². The van der Waals surface area contributed by atoms with Crippen molar-refractivity contribution in [3.8, 4) is 0 Å². The van der Waals surface area contributed by atoms with E-state index in [4.69, 9.17) is 5.73 Å². The van der Waals surface area contributed by atoms with Gasteiger partial charge >= 0.3 is 6.18 Å². The van der Waals surface area contributed by atoms with Gasteiger partial charge in [-0.2, -0.15) is 13.2 Å². The van der Waals surface area contributed by atoms with Gasteiger partial charge < -0.3 is 15.4 Å². The Kier molecular flexibility index (Phi) is 8.55. The summed E-state index contributed by atoms with van der Waals surface area (Å²) in [4.78, 5) is 2.20. The van der Waals surface area contributed by atoms with E-state index in [2.05, 4.69) is 23.5 Å². The molecule has 2 N–H and O–H groups in total. The van der Waals surface area contributed by atoms with E-state index in [1.54, 1.807) is 0 Å². The lowest BCUT2D eigenvalue weighted by atomic mass is 10.2. The molecular weight excluding hydrogens is 233 g/mol. The Morgan fingerprint density at radius 2 is 1.76 bits per heavy atom. The minimum atomic E-state index is -4.22. The van der Waals surface area contributed by atoms with Crippen LogP contribution >= 0.6 is 0 Å². The van der Waals surface area contributed by atoms with Crippen LogP contribution in [-0.2, 0) is 4.74 Å². The largest absolute Gasteiger partial charge is 0.411 e. The van der Waals surface area contributed by atoms with Crippen molar-refractivity contribution in [2.24, 2.45) is 5.73 Å². The van der Waals surface area contributed by atoms with Crippen LogP contribution < -0.4 is 5.73 Å². The molecule has 17 heavy (non-hydrogen) atoms. The number of halogens is 3. The normalized spacial score (nSPS) is 12.7. The first-order valence-corrected chi connectivity index (χ1v) is 5.95. The van der Waals surface area contributed by atoms with Crippen molar-refractivity contribution < 1.29 is 17.9 Å². The highest BCUT2D eigenvalue weighted by Crippen LogP contribution is 2.14. The summed E-state index contributed by atoms with van der Waals surface area (Å²) in [6.45, 7) is 5.37. The van der Waals surface area contributed by atoms with E-state index in [0.29, 0.717) is 19.0 Å². The van der Waals surface area contributed by atoms with Crippen molar-refractivity contribution in [1.82, 2.24) is 4.90 Å². The van der Waals surface area contributed by atoms with Crippen molar-refractivity contribution in [2.45, 2.75) is 38.9 Å². The van der Waals surface area contributed by atoms with E-state index in [-0.39, 0.29) is 6.61 Å². The molecule has 0 heterocycles. The Balaban J connectivity index is 3.61. The number of rotatable bonds is 9. The first-order valence-electron chi connectivity index (χ1n) is 5.95. The third-order valence-corrected chi connectivity index (χ3v) is 2.38. The third kappa shape index (κ3) is 10.5. The molecular formula is C11H23F3N2O. The molecule has 0 fully saturated rings. The zero-order valence-corrected chi connectivity index (χ0v) is 10.6. The first-order chi connectivity index (χ1) is 7.87. The number of nitrogens with two attached hydrogens (primary N) is 1. The van der Waals surface area contributed by atoms with Gasteiger partial charge in [-0.3, -0.25) is 0 Å². The Morgan fingerprint density at radius 3 is 2.24 bits per heavy atom. The van der Waals surface area contributed by atoms with Crippen LogP contribution in [0, 0.1) is 0 Å². The molecule has 0 aromatic heterocycles. The molecule has 0 radical (unpaired) electrons. The van der Waals surface area contributed by atoms with Crippen LogP contribution in [0.25, 0.3) is 0 Å². The minimum Gasteiger partial charge on any atom is -0.372 e. The summed E-state index contributed by atoms with van der Waals surface area (Å²) in [6, 6.07) is 0.379. The lowest BCUT2D eigenvalue weighted by Gasteiger charge is -2.26. The second-order valence-electron chi connectivity index (χ2n) is 4.29. The molecule has 0 unspecified atom stereocenters. The number of alkyl halides is 3. The topological polar surface area (TPSA) is 38.5 Å². The van der Waals surface area contributed by atoms with E-state index >= 15 is 0 Å². The number of hydrogen-bond acceptors (Lipinski definition) is 3. The van der Waals surface area contributed by atoms with E-state index in [0.717, 1.165) is 19.5 Å². The molecule has 0 aliphatic heterocycles. The average Bonchev–Trinajstić information content (AvgIpc) is 2.20. The van der Waals surface area contributed by atoms with Gasteiger partial charge in [0.05, 0.1) is 0 Å². The van der Waals surface area contributed by atoms with Gasteiger partial charge in [0.25, 0.3) is 0 Å². The molecule has 0 rings (SSSR count). The maximum Gasteiger partial charge on any atom is 0.411 e. The fourth-order valence-corrected chi connectivity index (χ4v) is 1.48. The number of ether oxygens (including phenoxy) is 1. The van der Waals surface area contributed by atoms with Gasteiger partial charge in [-0.1, -0.05) is 0 Å². The summed E-state index contributed by atoms with van der Waals surface area (Å²) in [6.07, 6.45) is -2.71. The smallest absolute Gasteiger partial charge is 0.372 e. The third-order valence-electron chi connectivity index (χ3n) is 2.38. The monoisotopic (exact) mass is 256 g/mol. The first kappa shape index (κ1) is 16.7.